The lowest BCUT2D eigenvalue weighted by Gasteiger charge is -2.37. The SMILES string of the molecule is Cc1cccc(C(=O)N(CC(=O)N2CCc3sccc3[C@@H]2COc2ccccc2F)C[C@@H]2CCCO2)c1. The molecule has 8 heteroatoms. The van der Waals surface area contributed by atoms with Crippen LogP contribution < -0.4 is 4.74 Å². The number of aryl methyl sites for hydroxylation is 1. The predicted molar refractivity (Wildman–Crippen MR) is 140 cm³/mol. The molecule has 2 aromatic carbocycles. The standard InChI is InChI=1S/C29H31FN2O4S/c1-20-6-4-7-21(16-20)29(34)31(17-22-8-5-14-35-22)18-28(33)32-13-11-27-23(12-15-37-27)25(32)19-36-26-10-3-2-9-24(26)30/h2-4,6-7,9-10,12,15-16,22,25H,5,8,11,13-14,17-19H2,1H3/t22-,25-/m0/s1. The van der Waals surface area contributed by atoms with E-state index in [9.17, 15) is 14.0 Å². The van der Waals surface area contributed by atoms with Crippen LogP contribution in [-0.4, -0.2) is 60.6 Å². The van der Waals surface area contributed by atoms with Gasteiger partial charge in [0.25, 0.3) is 5.91 Å². The summed E-state index contributed by atoms with van der Waals surface area (Å²) in [5, 5.41) is 2.01. The van der Waals surface area contributed by atoms with Gasteiger partial charge in [0.2, 0.25) is 5.91 Å². The zero-order valence-corrected chi connectivity index (χ0v) is 21.7. The molecule has 0 unspecified atom stereocenters. The van der Waals surface area contributed by atoms with E-state index in [1.807, 2.05) is 36.6 Å². The number of hydrogen-bond acceptors (Lipinski definition) is 5. The van der Waals surface area contributed by atoms with Crippen LogP contribution in [0, 0.1) is 12.7 Å². The van der Waals surface area contributed by atoms with Crippen LogP contribution in [0.4, 0.5) is 4.39 Å². The topological polar surface area (TPSA) is 59.1 Å². The molecule has 1 fully saturated rings. The molecule has 0 aliphatic carbocycles. The van der Waals surface area contributed by atoms with Crippen molar-refractivity contribution in [2.45, 2.75) is 38.3 Å². The zero-order valence-electron chi connectivity index (χ0n) is 20.9. The van der Waals surface area contributed by atoms with E-state index >= 15 is 0 Å². The van der Waals surface area contributed by atoms with Crippen LogP contribution in [0.15, 0.2) is 60.0 Å². The van der Waals surface area contributed by atoms with Gasteiger partial charge in [-0.3, -0.25) is 9.59 Å². The number of benzene rings is 2. The number of hydrogen-bond donors (Lipinski definition) is 0. The molecule has 2 amide bonds. The Morgan fingerprint density at radius 3 is 2.84 bits per heavy atom. The van der Waals surface area contributed by atoms with Crippen LogP contribution in [0.2, 0.25) is 0 Å². The van der Waals surface area contributed by atoms with Gasteiger partial charge in [0.15, 0.2) is 11.6 Å². The van der Waals surface area contributed by atoms with Crippen LogP contribution in [0.1, 0.15) is 45.2 Å². The number of fused-ring (bicyclic) bond motifs is 1. The number of ether oxygens (including phenoxy) is 2. The number of nitrogens with zero attached hydrogens (tertiary/aromatic N) is 2. The third-order valence-electron chi connectivity index (χ3n) is 6.97. The quantitative estimate of drug-likeness (QED) is 0.417. The van der Waals surface area contributed by atoms with Gasteiger partial charge in [-0.05, 0) is 67.5 Å². The summed E-state index contributed by atoms with van der Waals surface area (Å²) in [4.78, 5) is 31.9. The Labute approximate surface area is 220 Å². The molecule has 0 radical (unpaired) electrons. The monoisotopic (exact) mass is 522 g/mol. The summed E-state index contributed by atoms with van der Waals surface area (Å²) < 4.78 is 25.9. The molecule has 0 saturated carbocycles. The summed E-state index contributed by atoms with van der Waals surface area (Å²) in [7, 11) is 0. The van der Waals surface area contributed by atoms with Gasteiger partial charge in [0, 0.05) is 30.1 Å². The van der Waals surface area contributed by atoms with Crippen LogP contribution in [0.3, 0.4) is 0 Å². The van der Waals surface area contributed by atoms with Crippen molar-refractivity contribution >= 4 is 23.2 Å². The molecule has 0 N–H and O–H groups in total. The molecule has 2 aliphatic heterocycles. The Morgan fingerprint density at radius 1 is 1.19 bits per heavy atom. The van der Waals surface area contributed by atoms with Crippen molar-refractivity contribution in [2.24, 2.45) is 0 Å². The van der Waals surface area contributed by atoms with Gasteiger partial charge in [-0.15, -0.1) is 11.3 Å². The smallest absolute Gasteiger partial charge is 0.254 e. The van der Waals surface area contributed by atoms with Crippen molar-refractivity contribution in [3.8, 4) is 5.75 Å². The zero-order chi connectivity index (χ0) is 25.8. The highest BCUT2D eigenvalue weighted by molar-refractivity contribution is 7.10. The highest BCUT2D eigenvalue weighted by Crippen LogP contribution is 2.34. The summed E-state index contributed by atoms with van der Waals surface area (Å²) in [6, 6.07) is 15.4. The minimum Gasteiger partial charge on any atom is -0.488 e. The molecule has 3 heterocycles. The average Bonchev–Trinajstić information content (AvgIpc) is 3.59. The molecule has 194 valence electrons. The Morgan fingerprint density at radius 2 is 2.05 bits per heavy atom. The average molecular weight is 523 g/mol. The number of rotatable bonds is 8. The van der Waals surface area contributed by atoms with E-state index in [0.29, 0.717) is 25.3 Å². The fourth-order valence-electron chi connectivity index (χ4n) is 5.07. The molecular weight excluding hydrogens is 491 g/mol. The first-order valence-corrected chi connectivity index (χ1v) is 13.6. The van der Waals surface area contributed by atoms with Crippen molar-refractivity contribution in [1.29, 1.82) is 0 Å². The van der Waals surface area contributed by atoms with E-state index in [4.69, 9.17) is 9.47 Å². The lowest BCUT2D eigenvalue weighted by atomic mass is 10.00. The van der Waals surface area contributed by atoms with E-state index in [1.54, 1.807) is 45.4 Å². The van der Waals surface area contributed by atoms with E-state index in [-0.39, 0.29) is 42.9 Å². The maximum atomic E-state index is 14.2. The summed E-state index contributed by atoms with van der Waals surface area (Å²) in [5.74, 6) is -0.613. The van der Waals surface area contributed by atoms with Crippen LogP contribution in [-0.2, 0) is 16.0 Å². The number of halogens is 1. The Bertz CT molecular complexity index is 1260. The first-order valence-electron chi connectivity index (χ1n) is 12.7. The molecule has 6 nitrogen and oxygen atoms in total. The summed E-state index contributed by atoms with van der Waals surface area (Å²) in [6.07, 6.45) is 2.49. The number of para-hydroxylation sites is 1. The second-order valence-electron chi connectivity index (χ2n) is 9.58. The molecular formula is C29H31FN2O4S. The summed E-state index contributed by atoms with van der Waals surface area (Å²) in [5.41, 5.74) is 2.57. The molecule has 1 saturated heterocycles. The van der Waals surface area contributed by atoms with Gasteiger partial charge in [0.1, 0.15) is 13.2 Å². The van der Waals surface area contributed by atoms with Gasteiger partial charge in [0.05, 0.1) is 12.1 Å². The second-order valence-corrected chi connectivity index (χ2v) is 10.6. The molecule has 3 aromatic rings. The molecule has 37 heavy (non-hydrogen) atoms. The Balaban J connectivity index is 1.36. The Hall–Kier alpha value is -3.23. The number of carbonyl (C=O) groups is 2. The van der Waals surface area contributed by atoms with Gasteiger partial charge in [-0.25, -0.2) is 4.39 Å². The van der Waals surface area contributed by atoms with E-state index < -0.39 is 5.82 Å². The van der Waals surface area contributed by atoms with Crippen molar-refractivity contribution < 1.29 is 23.5 Å². The first-order chi connectivity index (χ1) is 18.0. The number of amides is 2. The van der Waals surface area contributed by atoms with Crippen molar-refractivity contribution in [3.05, 3.63) is 87.4 Å². The van der Waals surface area contributed by atoms with Gasteiger partial charge >= 0.3 is 0 Å². The third-order valence-corrected chi connectivity index (χ3v) is 7.97. The van der Waals surface area contributed by atoms with Crippen LogP contribution in [0.25, 0.3) is 0 Å². The van der Waals surface area contributed by atoms with Crippen LogP contribution >= 0.6 is 11.3 Å². The lowest BCUT2D eigenvalue weighted by Crippen LogP contribution is -2.49. The minimum atomic E-state index is -0.437. The van der Waals surface area contributed by atoms with Crippen LogP contribution in [0.5, 0.6) is 5.75 Å². The minimum absolute atomic E-state index is 0.0533. The van der Waals surface area contributed by atoms with Crippen molar-refractivity contribution in [1.82, 2.24) is 9.80 Å². The number of carbonyl (C=O) groups excluding carboxylic acids is 2. The molecule has 0 spiro atoms. The van der Waals surface area contributed by atoms with E-state index in [0.717, 1.165) is 30.4 Å². The number of thiophene rings is 1. The molecule has 5 rings (SSSR count). The van der Waals surface area contributed by atoms with E-state index in [2.05, 4.69) is 0 Å². The second kappa shape index (κ2) is 11.4. The Kier molecular flexibility index (Phi) is 7.86. The molecule has 1 aromatic heterocycles. The highest BCUT2D eigenvalue weighted by atomic mass is 32.1. The molecule has 2 atom stereocenters. The van der Waals surface area contributed by atoms with Gasteiger partial charge in [-0.2, -0.15) is 0 Å². The predicted octanol–water partition coefficient (Wildman–Crippen LogP) is 5.02. The fourth-order valence-corrected chi connectivity index (χ4v) is 6.00. The third kappa shape index (κ3) is 5.86. The normalized spacial score (nSPS) is 18.9. The summed E-state index contributed by atoms with van der Waals surface area (Å²) >= 11 is 1.66. The van der Waals surface area contributed by atoms with Gasteiger partial charge in [-0.1, -0.05) is 29.8 Å². The maximum absolute atomic E-state index is 14.2. The maximum Gasteiger partial charge on any atom is 0.254 e. The van der Waals surface area contributed by atoms with Gasteiger partial charge < -0.3 is 19.3 Å². The molecule has 0 bridgehead atoms. The van der Waals surface area contributed by atoms with Crippen molar-refractivity contribution in [3.63, 3.8) is 0 Å². The first kappa shape index (κ1) is 25.4. The largest absolute Gasteiger partial charge is 0.488 e. The molecule has 2 aliphatic rings. The fraction of sp³-hybridized carbons (Fsp3) is 0.379. The highest BCUT2D eigenvalue weighted by Gasteiger charge is 2.34. The lowest BCUT2D eigenvalue weighted by molar-refractivity contribution is -0.135. The van der Waals surface area contributed by atoms with E-state index in [1.165, 1.54) is 10.9 Å². The summed E-state index contributed by atoms with van der Waals surface area (Å²) in [6.45, 7) is 3.58. The van der Waals surface area contributed by atoms with Crippen molar-refractivity contribution in [2.75, 3.05) is 32.8 Å².